The maximum Gasteiger partial charge on any atom is 1.00 e. The second-order valence-electron chi connectivity index (χ2n) is 3.19. The van der Waals surface area contributed by atoms with Gasteiger partial charge in [-0.1, -0.05) is 63.6 Å². The Morgan fingerprint density at radius 2 is 1.50 bits per heavy atom. The molecule has 0 bridgehead atoms. The first-order chi connectivity index (χ1) is 6.87. The van der Waals surface area contributed by atoms with Crippen molar-refractivity contribution < 1.29 is 48.7 Å². The van der Waals surface area contributed by atoms with Crippen molar-refractivity contribution in [2.75, 3.05) is 19.3 Å². The second-order valence-corrected chi connectivity index (χ2v) is 4.76. The van der Waals surface area contributed by atoms with Gasteiger partial charge in [-0.2, -0.15) is 8.42 Å². The van der Waals surface area contributed by atoms with Crippen LogP contribution in [-0.4, -0.2) is 43.1 Å². The molecule has 0 heterocycles. The molecular formula is C15H42NNaO4S. The second kappa shape index (κ2) is 26.0. The van der Waals surface area contributed by atoms with E-state index in [0.29, 0.717) is 0 Å². The van der Waals surface area contributed by atoms with Gasteiger partial charge < -0.3 is 6.33 Å². The molecule has 0 spiro atoms. The van der Waals surface area contributed by atoms with E-state index < -0.39 is 15.9 Å². The van der Waals surface area contributed by atoms with Crippen molar-refractivity contribution in [3.05, 3.63) is 12.2 Å². The van der Waals surface area contributed by atoms with Crippen LogP contribution in [0.5, 0.6) is 0 Å². The summed E-state index contributed by atoms with van der Waals surface area (Å²) < 4.78 is 29.3. The molecule has 0 rings (SSSR count). The fourth-order valence-electron chi connectivity index (χ4n) is 0.884. The third kappa shape index (κ3) is 32.2. The summed E-state index contributed by atoms with van der Waals surface area (Å²) in [5.74, 6) is -0.587. The molecule has 0 aromatic rings. The van der Waals surface area contributed by atoms with Crippen LogP contribution in [0.1, 0.15) is 65.8 Å². The largest absolute Gasteiger partial charge is 1.00 e. The Morgan fingerprint density at radius 1 is 1.09 bits per heavy atom. The van der Waals surface area contributed by atoms with E-state index in [0.717, 1.165) is 6.42 Å². The van der Waals surface area contributed by atoms with E-state index in [4.69, 9.17) is 4.55 Å². The molecule has 0 aliphatic carbocycles. The van der Waals surface area contributed by atoms with Gasteiger partial charge in [0.2, 0.25) is 5.91 Å². The van der Waals surface area contributed by atoms with Gasteiger partial charge in [0.05, 0.1) is 5.75 Å². The molecule has 138 valence electrons. The summed E-state index contributed by atoms with van der Waals surface area (Å²) >= 11 is 0. The minimum Gasteiger partial charge on any atom is -1.00 e. The van der Waals surface area contributed by atoms with Gasteiger partial charge in [0, 0.05) is 20.0 Å². The third-order valence-electron chi connectivity index (χ3n) is 1.81. The Hall–Kier alpha value is 0.120. The van der Waals surface area contributed by atoms with Crippen LogP contribution in [0.3, 0.4) is 0 Å². The molecule has 0 aromatic heterocycles. The summed E-state index contributed by atoms with van der Waals surface area (Å²) in [4.78, 5) is 12.6. The Labute approximate surface area is 165 Å². The number of carbonyl (C=O) groups excluding carboxylic acids is 1. The Balaban J connectivity index is -0.0000000350. The van der Waals surface area contributed by atoms with Gasteiger partial charge in [-0.15, -0.1) is 0 Å². The summed E-state index contributed by atoms with van der Waals surface area (Å²) in [7, 11) is -2.48. The molecule has 5 nitrogen and oxygen atoms in total. The number of nitrogens with zero attached hydrogens (tertiary/aromatic N) is 1. The van der Waals surface area contributed by atoms with Crippen molar-refractivity contribution in [2.45, 2.75) is 64.3 Å². The Morgan fingerprint density at radius 3 is 1.82 bits per heavy atom. The molecule has 0 aromatic carbocycles. The van der Waals surface area contributed by atoms with Crippen LogP contribution in [0.2, 0.25) is 0 Å². The molecular weight excluding hydrogens is 313 g/mol. The number of carbonyl (C=O) groups is 1. The Bertz CT molecular complexity index is 336. The fourth-order valence-corrected chi connectivity index (χ4v) is 1.39. The van der Waals surface area contributed by atoms with Crippen molar-refractivity contribution >= 4 is 16.0 Å². The van der Waals surface area contributed by atoms with Gasteiger partial charge in [-0.3, -0.25) is 9.35 Å². The molecule has 0 saturated carbocycles. The van der Waals surface area contributed by atoms with Crippen molar-refractivity contribution in [1.29, 1.82) is 0 Å². The first-order valence-electron chi connectivity index (χ1n) is 4.71. The average Bonchev–Trinajstić information content (AvgIpc) is 2.13. The van der Waals surface area contributed by atoms with E-state index in [-0.39, 0.29) is 94.4 Å². The predicted octanol–water partition coefficient (Wildman–Crippen LogP) is 1.62. The maximum absolute atomic E-state index is 11.3. The summed E-state index contributed by atoms with van der Waals surface area (Å²) in [6.45, 7) is 1.97. The van der Waals surface area contributed by atoms with E-state index in [1.54, 1.807) is 6.08 Å². The molecule has 0 saturated heterocycles. The average molecular weight is 356 g/mol. The molecule has 0 atom stereocenters. The first kappa shape index (κ1) is 49.5. The zero-order valence-electron chi connectivity index (χ0n) is 11.0. The van der Waals surface area contributed by atoms with E-state index in [1.807, 2.05) is 13.0 Å². The summed E-state index contributed by atoms with van der Waals surface area (Å²) in [5.41, 5.74) is 0. The summed E-state index contributed by atoms with van der Waals surface area (Å²) in [6, 6.07) is 0. The van der Waals surface area contributed by atoms with Crippen LogP contribution >= 0.6 is 0 Å². The number of allylic oxidation sites excluding steroid dienone is 1. The zero-order chi connectivity index (χ0) is 11.9. The van der Waals surface area contributed by atoms with Crippen LogP contribution < -0.4 is 29.6 Å². The SMILES string of the molecule is C.C.C.C.C.C.CCC=CCC(=O)N(C)CCS(=O)(=O)O.[H-].[Na+]. The van der Waals surface area contributed by atoms with Crippen molar-refractivity contribution in [3.8, 4) is 0 Å². The number of rotatable bonds is 6. The monoisotopic (exact) mass is 355 g/mol. The molecule has 1 N–H and O–H groups in total. The topological polar surface area (TPSA) is 74.7 Å². The van der Waals surface area contributed by atoms with Crippen molar-refractivity contribution in [1.82, 2.24) is 4.90 Å². The summed E-state index contributed by atoms with van der Waals surface area (Å²) in [6.07, 6.45) is 4.73. The maximum atomic E-state index is 11.3. The van der Waals surface area contributed by atoms with Crippen LogP contribution in [0.15, 0.2) is 12.2 Å². The minimum atomic E-state index is -3.99. The van der Waals surface area contributed by atoms with Gasteiger partial charge in [-0.25, -0.2) is 0 Å². The minimum absolute atomic E-state index is 0. The van der Waals surface area contributed by atoms with Crippen LogP contribution in [0.4, 0.5) is 0 Å². The molecule has 0 aliphatic rings. The predicted molar refractivity (Wildman–Crippen MR) is 99.6 cm³/mol. The number of hydrogen-bond acceptors (Lipinski definition) is 3. The van der Waals surface area contributed by atoms with Gasteiger partial charge in [0.25, 0.3) is 10.1 Å². The van der Waals surface area contributed by atoms with Crippen molar-refractivity contribution in [2.24, 2.45) is 0 Å². The number of amides is 1. The summed E-state index contributed by atoms with van der Waals surface area (Å²) in [5, 5.41) is 0. The standard InChI is InChI=1S/C9H17NO4S.6CH4.Na.H/c1-3-4-5-6-9(11)10(2)7-8-15(12,13)14;;;;;;;;/h4-5H,3,6-8H2,1-2H3,(H,12,13,14);6*1H4;;/q;;;;;;;+1;-1. The molecule has 0 radical (unpaired) electrons. The Kier molecular flexibility index (Phi) is 58.6. The van der Waals surface area contributed by atoms with Gasteiger partial charge in [0.1, 0.15) is 0 Å². The molecule has 0 aliphatic heterocycles. The van der Waals surface area contributed by atoms with Gasteiger partial charge in [-0.05, 0) is 6.42 Å². The first-order valence-corrected chi connectivity index (χ1v) is 6.32. The zero-order valence-corrected chi connectivity index (χ0v) is 12.8. The van der Waals surface area contributed by atoms with Crippen LogP contribution in [0.25, 0.3) is 0 Å². The van der Waals surface area contributed by atoms with Gasteiger partial charge in [0.15, 0.2) is 0 Å². The quantitative estimate of drug-likeness (QED) is 0.446. The normalized spacial score (nSPS) is 8.14. The molecule has 0 unspecified atom stereocenters. The van der Waals surface area contributed by atoms with E-state index in [2.05, 4.69) is 0 Å². The molecule has 0 fully saturated rings. The molecule has 7 heteroatoms. The molecule has 22 heavy (non-hydrogen) atoms. The van der Waals surface area contributed by atoms with E-state index in [1.165, 1.54) is 11.9 Å². The van der Waals surface area contributed by atoms with E-state index in [9.17, 15) is 13.2 Å². The van der Waals surface area contributed by atoms with E-state index >= 15 is 0 Å². The third-order valence-corrected chi connectivity index (χ3v) is 2.50. The molecule has 1 amide bonds. The fraction of sp³-hybridized carbons (Fsp3) is 0.800. The van der Waals surface area contributed by atoms with Crippen LogP contribution in [0, 0.1) is 0 Å². The van der Waals surface area contributed by atoms with Crippen molar-refractivity contribution in [3.63, 3.8) is 0 Å². The smallest absolute Gasteiger partial charge is 1.00 e. The van der Waals surface area contributed by atoms with Crippen LogP contribution in [-0.2, 0) is 14.9 Å². The number of hydrogen-bond donors (Lipinski definition) is 1. The van der Waals surface area contributed by atoms with Gasteiger partial charge >= 0.3 is 29.6 Å².